The van der Waals surface area contributed by atoms with Crippen LogP contribution in [-0.4, -0.2) is 25.8 Å². The minimum Gasteiger partial charge on any atom is -0.423 e. The molecule has 24 heavy (non-hydrogen) atoms. The summed E-state index contributed by atoms with van der Waals surface area (Å²) in [6.07, 6.45) is 2.01. The van der Waals surface area contributed by atoms with E-state index in [0.717, 1.165) is 6.42 Å². The van der Waals surface area contributed by atoms with Gasteiger partial charge in [0.1, 0.15) is 5.58 Å². The first-order valence-corrected chi connectivity index (χ1v) is 9.30. The molecule has 0 saturated carbocycles. The van der Waals surface area contributed by atoms with E-state index in [9.17, 15) is 18.5 Å². The van der Waals surface area contributed by atoms with Gasteiger partial charge < -0.3 is 4.42 Å². The lowest BCUT2D eigenvalue weighted by Gasteiger charge is -2.36. The SMILES string of the molecule is CCC1(C#N)CCCN(S(=O)(=O)c2ccc3oc(=O)ccc3c2)C1. The number of piperidine rings is 1. The summed E-state index contributed by atoms with van der Waals surface area (Å²) >= 11 is 0. The molecule has 0 spiro atoms. The van der Waals surface area contributed by atoms with Gasteiger partial charge in [-0.25, -0.2) is 13.2 Å². The Balaban J connectivity index is 2.00. The molecule has 1 unspecified atom stereocenters. The number of nitrogens with zero attached hydrogens (tertiary/aromatic N) is 2. The average Bonchev–Trinajstić information content (AvgIpc) is 2.61. The Hall–Kier alpha value is -2.17. The largest absolute Gasteiger partial charge is 0.423 e. The molecular weight excluding hydrogens is 328 g/mol. The highest BCUT2D eigenvalue weighted by atomic mass is 32.2. The molecule has 0 N–H and O–H groups in total. The summed E-state index contributed by atoms with van der Waals surface area (Å²) < 4.78 is 32.3. The molecule has 1 aliphatic heterocycles. The van der Waals surface area contributed by atoms with E-state index >= 15 is 0 Å². The second-order valence-electron chi connectivity index (χ2n) is 6.14. The molecule has 1 aromatic heterocycles. The van der Waals surface area contributed by atoms with E-state index in [1.165, 1.54) is 28.6 Å². The Labute approximate surface area is 140 Å². The Kier molecular flexibility index (Phi) is 4.20. The molecule has 0 amide bonds. The van der Waals surface area contributed by atoms with Crippen LogP contribution in [0.1, 0.15) is 26.2 Å². The maximum Gasteiger partial charge on any atom is 0.336 e. The molecule has 1 aliphatic rings. The van der Waals surface area contributed by atoms with Gasteiger partial charge in [-0.1, -0.05) is 6.92 Å². The van der Waals surface area contributed by atoms with Crippen LogP contribution >= 0.6 is 0 Å². The summed E-state index contributed by atoms with van der Waals surface area (Å²) in [7, 11) is -3.69. The van der Waals surface area contributed by atoms with Crippen molar-refractivity contribution in [1.29, 1.82) is 5.26 Å². The fraction of sp³-hybridized carbons (Fsp3) is 0.412. The Morgan fingerprint density at radius 1 is 1.33 bits per heavy atom. The molecule has 0 aliphatic carbocycles. The second kappa shape index (κ2) is 6.04. The van der Waals surface area contributed by atoms with Crippen LogP contribution in [0.4, 0.5) is 0 Å². The molecule has 1 aromatic carbocycles. The van der Waals surface area contributed by atoms with Crippen molar-refractivity contribution in [3.63, 3.8) is 0 Å². The number of rotatable bonds is 3. The van der Waals surface area contributed by atoms with Gasteiger partial charge in [-0.2, -0.15) is 9.57 Å². The molecule has 1 atom stereocenters. The fourth-order valence-corrected chi connectivity index (χ4v) is 4.71. The minimum atomic E-state index is -3.69. The van der Waals surface area contributed by atoms with Crippen molar-refractivity contribution in [3.8, 4) is 6.07 Å². The normalized spacial score (nSPS) is 22.3. The topological polar surface area (TPSA) is 91.4 Å². The predicted molar refractivity (Wildman–Crippen MR) is 88.8 cm³/mol. The van der Waals surface area contributed by atoms with Gasteiger partial charge >= 0.3 is 5.63 Å². The van der Waals surface area contributed by atoms with Crippen LogP contribution in [0.2, 0.25) is 0 Å². The highest BCUT2D eigenvalue weighted by Gasteiger charge is 2.39. The first-order valence-electron chi connectivity index (χ1n) is 7.85. The molecule has 3 rings (SSSR count). The van der Waals surface area contributed by atoms with Crippen molar-refractivity contribution in [2.75, 3.05) is 13.1 Å². The van der Waals surface area contributed by atoms with Crippen LogP contribution in [0.3, 0.4) is 0 Å². The highest BCUT2D eigenvalue weighted by molar-refractivity contribution is 7.89. The molecule has 126 valence electrons. The summed E-state index contributed by atoms with van der Waals surface area (Å²) in [5.41, 5.74) is -0.745. The summed E-state index contributed by atoms with van der Waals surface area (Å²) in [4.78, 5) is 11.4. The molecule has 6 nitrogen and oxygen atoms in total. The summed E-state index contributed by atoms with van der Waals surface area (Å²) in [6.45, 7) is 2.54. The third kappa shape index (κ3) is 2.83. The van der Waals surface area contributed by atoms with Gasteiger partial charge in [0, 0.05) is 24.5 Å². The Morgan fingerprint density at radius 2 is 2.12 bits per heavy atom. The van der Waals surface area contributed by atoms with Crippen molar-refractivity contribution in [2.24, 2.45) is 5.41 Å². The smallest absolute Gasteiger partial charge is 0.336 e. The number of hydrogen-bond donors (Lipinski definition) is 0. The van der Waals surface area contributed by atoms with Crippen LogP contribution in [0, 0.1) is 16.7 Å². The zero-order valence-electron chi connectivity index (χ0n) is 13.4. The standard InChI is InChI=1S/C17H18N2O4S/c1-2-17(11-18)8-3-9-19(12-17)24(21,22)14-5-6-15-13(10-14)4-7-16(20)23-15/h4-7,10H,2-3,8-9,12H2,1H3. The lowest BCUT2D eigenvalue weighted by Crippen LogP contribution is -2.45. The van der Waals surface area contributed by atoms with E-state index in [0.29, 0.717) is 30.4 Å². The first-order chi connectivity index (χ1) is 11.4. The lowest BCUT2D eigenvalue weighted by molar-refractivity contribution is 0.198. The van der Waals surface area contributed by atoms with Gasteiger partial charge in [-0.15, -0.1) is 0 Å². The molecule has 0 bridgehead atoms. The minimum absolute atomic E-state index is 0.147. The van der Waals surface area contributed by atoms with Crippen LogP contribution in [-0.2, 0) is 10.0 Å². The van der Waals surface area contributed by atoms with E-state index in [4.69, 9.17) is 4.42 Å². The molecule has 7 heteroatoms. The van der Waals surface area contributed by atoms with Crippen LogP contribution < -0.4 is 5.63 Å². The van der Waals surface area contributed by atoms with Crippen LogP contribution in [0.5, 0.6) is 0 Å². The number of fused-ring (bicyclic) bond motifs is 1. The summed E-state index contributed by atoms with van der Waals surface area (Å²) in [6, 6.07) is 9.54. The van der Waals surface area contributed by atoms with E-state index in [1.54, 1.807) is 6.07 Å². The number of sulfonamides is 1. The van der Waals surface area contributed by atoms with Gasteiger partial charge in [0.2, 0.25) is 10.0 Å². The zero-order chi connectivity index (χ0) is 17.4. The van der Waals surface area contributed by atoms with Crippen molar-refractivity contribution in [3.05, 3.63) is 40.8 Å². The quantitative estimate of drug-likeness (QED) is 0.796. The highest BCUT2D eigenvalue weighted by Crippen LogP contribution is 2.35. The molecule has 1 fully saturated rings. The third-order valence-corrected chi connectivity index (χ3v) is 6.53. The maximum atomic E-state index is 12.9. The number of nitriles is 1. The van der Waals surface area contributed by atoms with E-state index in [1.807, 2.05) is 6.92 Å². The Morgan fingerprint density at radius 3 is 2.83 bits per heavy atom. The predicted octanol–water partition coefficient (Wildman–Crippen LogP) is 2.50. The van der Waals surface area contributed by atoms with Crippen molar-refractivity contribution >= 4 is 21.0 Å². The monoisotopic (exact) mass is 346 g/mol. The molecule has 2 aromatic rings. The number of hydrogen-bond acceptors (Lipinski definition) is 5. The third-order valence-electron chi connectivity index (χ3n) is 4.68. The second-order valence-corrected chi connectivity index (χ2v) is 8.08. The summed E-state index contributed by atoms with van der Waals surface area (Å²) in [5.74, 6) is 0. The molecular formula is C17H18N2O4S. The zero-order valence-corrected chi connectivity index (χ0v) is 14.2. The van der Waals surface area contributed by atoms with E-state index in [-0.39, 0.29) is 11.4 Å². The van der Waals surface area contributed by atoms with Gasteiger partial charge in [0.25, 0.3) is 0 Å². The van der Waals surface area contributed by atoms with Crippen LogP contribution in [0.15, 0.2) is 44.4 Å². The first kappa shape index (κ1) is 16.7. The summed E-state index contributed by atoms with van der Waals surface area (Å²) in [5, 5.41) is 10.0. The van der Waals surface area contributed by atoms with E-state index in [2.05, 4.69) is 6.07 Å². The van der Waals surface area contributed by atoms with Crippen molar-refractivity contribution in [2.45, 2.75) is 31.1 Å². The average molecular weight is 346 g/mol. The van der Waals surface area contributed by atoms with Crippen LogP contribution in [0.25, 0.3) is 11.0 Å². The Bertz CT molecular complexity index is 974. The molecule has 1 saturated heterocycles. The van der Waals surface area contributed by atoms with Gasteiger partial charge in [0.05, 0.1) is 16.4 Å². The van der Waals surface area contributed by atoms with Crippen molar-refractivity contribution in [1.82, 2.24) is 4.31 Å². The van der Waals surface area contributed by atoms with Gasteiger partial charge in [0.15, 0.2) is 0 Å². The molecule has 2 heterocycles. The van der Waals surface area contributed by atoms with Crippen molar-refractivity contribution < 1.29 is 12.8 Å². The molecule has 0 radical (unpaired) electrons. The fourth-order valence-electron chi connectivity index (χ4n) is 3.11. The van der Waals surface area contributed by atoms with Gasteiger partial charge in [-0.3, -0.25) is 0 Å². The lowest BCUT2D eigenvalue weighted by atomic mass is 9.80. The maximum absolute atomic E-state index is 12.9. The van der Waals surface area contributed by atoms with E-state index < -0.39 is 21.1 Å². The van der Waals surface area contributed by atoms with Gasteiger partial charge in [-0.05, 0) is 43.5 Å². The number of benzene rings is 1.